The minimum absolute atomic E-state index is 0.0177. The predicted octanol–water partition coefficient (Wildman–Crippen LogP) is 3.59. The molecule has 4 nitrogen and oxygen atoms in total. The first-order chi connectivity index (χ1) is 11.1. The summed E-state index contributed by atoms with van der Waals surface area (Å²) in [5.41, 5.74) is 2.11. The summed E-state index contributed by atoms with van der Waals surface area (Å²) in [4.78, 5) is 14.6. The highest BCUT2D eigenvalue weighted by Crippen LogP contribution is 2.30. The number of benzene rings is 1. The number of carbonyl (C=O) groups is 1. The molecule has 23 heavy (non-hydrogen) atoms. The highest BCUT2D eigenvalue weighted by molar-refractivity contribution is 6.30. The maximum Gasteiger partial charge on any atom is 0.255 e. The molecule has 0 saturated carbocycles. The van der Waals surface area contributed by atoms with E-state index in [1.165, 1.54) is 6.42 Å². The van der Waals surface area contributed by atoms with E-state index in [2.05, 4.69) is 0 Å². The zero-order valence-corrected chi connectivity index (χ0v) is 14.3. The van der Waals surface area contributed by atoms with Gasteiger partial charge in [0.1, 0.15) is 6.10 Å². The molecule has 1 fully saturated rings. The van der Waals surface area contributed by atoms with Crippen molar-refractivity contribution in [1.82, 2.24) is 0 Å². The maximum absolute atomic E-state index is 12.7. The van der Waals surface area contributed by atoms with Crippen LogP contribution in [0, 0.1) is 0 Å². The topological polar surface area (TPSA) is 38.8 Å². The molecule has 2 atom stereocenters. The Labute approximate surface area is 142 Å². The zero-order valence-electron chi connectivity index (χ0n) is 13.6. The van der Waals surface area contributed by atoms with Crippen LogP contribution >= 0.6 is 11.6 Å². The summed E-state index contributed by atoms with van der Waals surface area (Å²) >= 11 is 6.06. The number of halogens is 1. The average molecular weight is 338 g/mol. The monoisotopic (exact) mass is 337 g/mol. The third kappa shape index (κ3) is 4.06. The van der Waals surface area contributed by atoms with Crippen LogP contribution in [0.5, 0.6) is 0 Å². The van der Waals surface area contributed by atoms with Crippen LogP contribution in [0.1, 0.15) is 38.2 Å². The van der Waals surface area contributed by atoms with Gasteiger partial charge in [-0.1, -0.05) is 11.6 Å². The van der Waals surface area contributed by atoms with E-state index in [1.54, 1.807) is 0 Å². The summed E-state index contributed by atoms with van der Waals surface area (Å²) in [5, 5.41) is 0.719. The Morgan fingerprint density at radius 3 is 3.09 bits per heavy atom. The second kappa shape index (κ2) is 7.65. The molecule has 0 bridgehead atoms. The molecule has 126 valence electrons. The highest BCUT2D eigenvalue weighted by atomic mass is 35.5. The molecule has 1 saturated heterocycles. The fraction of sp³-hybridized carbons (Fsp3) is 0.611. The number of rotatable bonds is 4. The van der Waals surface area contributed by atoms with Crippen LogP contribution in [0.4, 0.5) is 5.69 Å². The summed E-state index contributed by atoms with van der Waals surface area (Å²) in [6.07, 6.45) is 4.91. The van der Waals surface area contributed by atoms with Gasteiger partial charge in [0.2, 0.25) is 0 Å². The second-order valence-electron chi connectivity index (χ2n) is 6.33. The summed E-state index contributed by atoms with van der Waals surface area (Å²) in [5.74, 6) is 0.0177. The molecule has 1 aromatic rings. The van der Waals surface area contributed by atoms with Crippen LogP contribution in [-0.4, -0.2) is 37.9 Å². The Bertz CT molecular complexity index is 557. The molecule has 0 spiro atoms. The van der Waals surface area contributed by atoms with Crippen molar-refractivity contribution in [3.63, 3.8) is 0 Å². The maximum atomic E-state index is 12.7. The molecule has 2 unspecified atom stereocenters. The molecule has 0 radical (unpaired) electrons. The summed E-state index contributed by atoms with van der Waals surface area (Å²) < 4.78 is 11.5. The molecule has 1 amide bonds. The number of carbonyl (C=O) groups excluding carboxylic acids is 1. The van der Waals surface area contributed by atoms with Gasteiger partial charge in [-0.3, -0.25) is 4.79 Å². The van der Waals surface area contributed by atoms with Gasteiger partial charge in [0, 0.05) is 23.9 Å². The lowest BCUT2D eigenvalue weighted by Gasteiger charge is -2.32. The summed E-state index contributed by atoms with van der Waals surface area (Å²) in [7, 11) is 0. The third-order valence-electron chi connectivity index (χ3n) is 4.58. The molecule has 0 aromatic heterocycles. The Morgan fingerprint density at radius 1 is 1.43 bits per heavy atom. The fourth-order valence-electron chi connectivity index (χ4n) is 3.28. The van der Waals surface area contributed by atoms with E-state index in [0.29, 0.717) is 6.61 Å². The Kier molecular flexibility index (Phi) is 5.57. The molecule has 0 aliphatic carbocycles. The van der Waals surface area contributed by atoms with Gasteiger partial charge in [0.15, 0.2) is 0 Å². The SMILES string of the molecule is CC(OCC1CCCCO1)C(=O)N1CCCc2cc(Cl)ccc21. The number of ether oxygens (including phenoxy) is 2. The quantitative estimate of drug-likeness (QED) is 0.842. The van der Waals surface area contributed by atoms with E-state index in [9.17, 15) is 4.79 Å². The number of anilines is 1. The average Bonchev–Trinajstić information content (AvgIpc) is 2.59. The fourth-order valence-corrected chi connectivity index (χ4v) is 3.47. The van der Waals surface area contributed by atoms with E-state index >= 15 is 0 Å². The minimum atomic E-state index is -0.456. The van der Waals surface area contributed by atoms with Gasteiger partial charge in [-0.05, 0) is 62.8 Å². The number of amides is 1. The van der Waals surface area contributed by atoms with Crippen molar-refractivity contribution in [2.45, 2.75) is 51.2 Å². The molecule has 0 N–H and O–H groups in total. The summed E-state index contributed by atoms with van der Waals surface area (Å²) in [6.45, 7) is 3.86. The van der Waals surface area contributed by atoms with Crippen LogP contribution in [0.3, 0.4) is 0 Å². The van der Waals surface area contributed by atoms with Crippen LogP contribution in [0.25, 0.3) is 0 Å². The Morgan fingerprint density at radius 2 is 2.30 bits per heavy atom. The Balaban J connectivity index is 1.61. The van der Waals surface area contributed by atoms with Gasteiger partial charge in [-0.25, -0.2) is 0 Å². The van der Waals surface area contributed by atoms with Crippen molar-refractivity contribution in [2.24, 2.45) is 0 Å². The standard InChI is InChI=1S/C18H24ClNO3/c1-13(23-12-16-6-2-3-10-22-16)18(21)20-9-4-5-14-11-15(19)7-8-17(14)20/h7-8,11,13,16H,2-6,9-10,12H2,1H3. The van der Waals surface area contributed by atoms with Crippen molar-refractivity contribution in [1.29, 1.82) is 0 Å². The summed E-state index contributed by atoms with van der Waals surface area (Å²) in [6, 6.07) is 5.73. The molecule has 5 heteroatoms. The van der Waals surface area contributed by atoms with Crippen LogP contribution < -0.4 is 4.90 Å². The molecular formula is C18H24ClNO3. The molecule has 1 aromatic carbocycles. The van der Waals surface area contributed by atoms with Crippen LogP contribution in [-0.2, 0) is 20.7 Å². The molecule has 2 aliphatic rings. The first-order valence-corrected chi connectivity index (χ1v) is 8.86. The number of fused-ring (bicyclic) bond motifs is 1. The predicted molar refractivity (Wildman–Crippen MR) is 91.1 cm³/mol. The number of aryl methyl sites for hydroxylation is 1. The van der Waals surface area contributed by atoms with Gasteiger partial charge >= 0.3 is 0 Å². The normalized spacial score (nSPS) is 22.5. The van der Waals surface area contributed by atoms with Crippen molar-refractivity contribution in [3.05, 3.63) is 28.8 Å². The van der Waals surface area contributed by atoms with Gasteiger partial charge < -0.3 is 14.4 Å². The number of hydrogen-bond donors (Lipinski definition) is 0. The second-order valence-corrected chi connectivity index (χ2v) is 6.77. The largest absolute Gasteiger partial charge is 0.376 e. The van der Waals surface area contributed by atoms with Crippen molar-refractivity contribution < 1.29 is 14.3 Å². The van der Waals surface area contributed by atoms with Gasteiger partial charge in [-0.2, -0.15) is 0 Å². The van der Waals surface area contributed by atoms with Gasteiger partial charge in [-0.15, -0.1) is 0 Å². The van der Waals surface area contributed by atoms with E-state index in [1.807, 2.05) is 30.0 Å². The van der Waals surface area contributed by atoms with Crippen molar-refractivity contribution >= 4 is 23.2 Å². The van der Waals surface area contributed by atoms with E-state index in [0.717, 1.165) is 55.1 Å². The Hall–Kier alpha value is -1.10. The lowest BCUT2D eigenvalue weighted by Crippen LogP contribution is -2.43. The lowest BCUT2D eigenvalue weighted by atomic mass is 10.0. The van der Waals surface area contributed by atoms with E-state index < -0.39 is 6.10 Å². The minimum Gasteiger partial charge on any atom is -0.376 e. The number of nitrogens with zero attached hydrogens (tertiary/aromatic N) is 1. The smallest absolute Gasteiger partial charge is 0.255 e. The van der Waals surface area contributed by atoms with Crippen molar-refractivity contribution in [3.8, 4) is 0 Å². The first-order valence-electron chi connectivity index (χ1n) is 8.48. The van der Waals surface area contributed by atoms with Crippen LogP contribution in [0.2, 0.25) is 5.02 Å². The number of hydrogen-bond acceptors (Lipinski definition) is 3. The third-order valence-corrected chi connectivity index (χ3v) is 4.82. The van der Waals surface area contributed by atoms with Crippen LogP contribution in [0.15, 0.2) is 18.2 Å². The molecule has 2 aliphatic heterocycles. The zero-order chi connectivity index (χ0) is 16.2. The van der Waals surface area contributed by atoms with Gasteiger partial charge in [0.05, 0.1) is 12.7 Å². The van der Waals surface area contributed by atoms with Crippen molar-refractivity contribution in [2.75, 3.05) is 24.7 Å². The molecular weight excluding hydrogens is 314 g/mol. The van der Waals surface area contributed by atoms with E-state index in [-0.39, 0.29) is 12.0 Å². The van der Waals surface area contributed by atoms with Gasteiger partial charge in [0.25, 0.3) is 5.91 Å². The molecule has 3 rings (SSSR count). The highest BCUT2D eigenvalue weighted by Gasteiger charge is 2.27. The first kappa shape index (κ1) is 16.7. The molecule has 2 heterocycles. The van der Waals surface area contributed by atoms with E-state index in [4.69, 9.17) is 21.1 Å². The lowest BCUT2D eigenvalue weighted by molar-refractivity contribution is -0.132.